The lowest BCUT2D eigenvalue weighted by molar-refractivity contribution is 0.1000. The third kappa shape index (κ3) is 2.68. The normalized spacial score (nSPS) is 23.1. The maximum absolute atomic E-state index is 12.4. The molecule has 1 aliphatic rings. The number of nitrogens with two attached hydrogens (primary N) is 1. The van der Waals surface area contributed by atoms with Crippen molar-refractivity contribution >= 4 is 15.9 Å². The molecule has 20 heavy (non-hydrogen) atoms. The lowest BCUT2D eigenvalue weighted by atomic mass is 10.2. The summed E-state index contributed by atoms with van der Waals surface area (Å²) in [5, 5.41) is 12.7. The first-order valence-electron chi connectivity index (χ1n) is 6.10. The summed E-state index contributed by atoms with van der Waals surface area (Å²) in [7, 11) is -2.29. The Kier molecular flexibility index (Phi) is 4.09. The van der Waals surface area contributed by atoms with Gasteiger partial charge in [-0.3, -0.25) is 4.79 Å². The van der Waals surface area contributed by atoms with E-state index in [0.717, 1.165) is 4.31 Å². The van der Waals surface area contributed by atoms with Crippen molar-refractivity contribution in [3.63, 3.8) is 0 Å². The van der Waals surface area contributed by atoms with Gasteiger partial charge in [0.1, 0.15) is 0 Å². The Hall–Kier alpha value is -1.48. The van der Waals surface area contributed by atoms with Crippen molar-refractivity contribution < 1.29 is 18.3 Å². The average molecular weight is 299 g/mol. The van der Waals surface area contributed by atoms with Gasteiger partial charge in [-0.2, -0.15) is 4.31 Å². The predicted octanol–water partition coefficient (Wildman–Crippen LogP) is -1.26. The van der Waals surface area contributed by atoms with Crippen LogP contribution in [0.4, 0.5) is 0 Å². The molecule has 0 radical (unpaired) electrons. The number of β-amino-alcohol motifs (C(OH)–C–C–N with tert-alkyl or cyclic N) is 1. The topological polar surface area (TPSA) is 113 Å². The number of nitrogens with one attached hydrogen (secondary N) is 1. The fourth-order valence-corrected chi connectivity index (χ4v) is 3.54. The van der Waals surface area contributed by atoms with E-state index < -0.39 is 28.1 Å². The van der Waals surface area contributed by atoms with Crippen LogP contribution in [0.25, 0.3) is 0 Å². The van der Waals surface area contributed by atoms with Crippen LogP contribution in [0.5, 0.6) is 0 Å². The quantitative estimate of drug-likeness (QED) is 0.642. The van der Waals surface area contributed by atoms with E-state index in [1.165, 1.54) is 31.3 Å². The van der Waals surface area contributed by atoms with Gasteiger partial charge in [0.2, 0.25) is 15.9 Å². The van der Waals surface area contributed by atoms with E-state index in [-0.39, 0.29) is 10.5 Å². The molecule has 2 rings (SSSR count). The smallest absolute Gasteiger partial charge is 0.248 e. The molecule has 0 saturated carbocycles. The maximum atomic E-state index is 12.4. The molecule has 1 aromatic carbocycles. The standard InChI is InChI=1S/C12H17N3O4S/c1-15(10-6-14-7-11(10)16)20(18,19)9-4-2-8(3-5-9)12(13)17/h2-5,10-11,14,16H,6-7H2,1H3,(H2,13,17)/t10-,11-/m1/s1. The summed E-state index contributed by atoms with van der Waals surface area (Å²) in [6.07, 6.45) is -0.736. The van der Waals surface area contributed by atoms with Crippen LogP contribution in [0, 0.1) is 0 Å². The molecule has 1 heterocycles. The Morgan fingerprint density at radius 3 is 2.40 bits per heavy atom. The molecule has 1 amide bonds. The second kappa shape index (κ2) is 5.49. The minimum Gasteiger partial charge on any atom is -0.390 e. The van der Waals surface area contributed by atoms with Crippen LogP contribution < -0.4 is 11.1 Å². The van der Waals surface area contributed by atoms with E-state index in [9.17, 15) is 18.3 Å². The molecule has 7 nitrogen and oxygen atoms in total. The Morgan fingerprint density at radius 2 is 1.95 bits per heavy atom. The Labute approximate surface area is 117 Å². The summed E-state index contributed by atoms with van der Waals surface area (Å²) in [6.45, 7) is 0.765. The average Bonchev–Trinajstić information content (AvgIpc) is 2.84. The molecule has 0 unspecified atom stereocenters. The molecule has 1 aromatic rings. The number of carbonyl (C=O) groups is 1. The van der Waals surface area contributed by atoms with Crippen molar-refractivity contribution in [3.8, 4) is 0 Å². The van der Waals surface area contributed by atoms with Gasteiger partial charge in [-0.25, -0.2) is 8.42 Å². The van der Waals surface area contributed by atoms with Gasteiger partial charge in [0.15, 0.2) is 0 Å². The molecule has 1 fully saturated rings. The first-order chi connectivity index (χ1) is 9.34. The number of hydrogen-bond donors (Lipinski definition) is 3. The molecule has 0 aliphatic carbocycles. The van der Waals surface area contributed by atoms with Crippen LogP contribution in [0.15, 0.2) is 29.2 Å². The highest BCUT2D eigenvalue weighted by molar-refractivity contribution is 7.89. The number of aliphatic hydroxyl groups is 1. The molecule has 4 N–H and O–H groups in total. The number of amides is 1. The van der Waals surface area contributed by atoms with Crippen molar-refractivity contribution in [3.05, 3.63) is 29.8 Å². The number of rotatable bonds is 4. The number of likely N-dealkylation sites (N-methyl/N-ethyl adjacent to an activating group) is 1. The monoisotopic (exact) mass is 299 g/mol. The molecule has 0 bridgehead atoms. The molecule has 2 atom stereocenters. The molecular weight excluding hydrogens is 282 g/mol. The number of aliphatic hydroxyl groups excluding tert-OH is 1. The molecular formula is C12H17N3O4S. The SMILES string of the molecule is CN([C@@H]1CNC[C@H]1O)S(=O)(=O)c1ccc(C(N)=O)cc1. The van der Waals surface area contributed by atoms with E-state index in [1.807, 2.05) is 0 Å². The van der Waals surface area contributed by atoms with Crippen LogP contribution >= 0.6 is 0 Å². The molecule has 0 aromatic heterocycles. The first-order valence-corrected chi connectivity index (χ1v) is 7.54. The van der Waals surface area contributed by atoms with Crippen LogP contribution in [-0.4, -0.2) is 56.0 Å². The lowest BCUT2D eigenvalue weighted by Gasteiger charge is -2.25. The van der Waals surface area contributed by atoms with Crippen molar-refractivity contribution in [2.45, 2.75) is 17.0 Å². The van der Waals surface area contributed by atoms with E-state index in [2.05, 4.69) is 5.32 Å². The molecule has 8 heteroatoms. The number of hydrogen-bond acceptors (Lipinski definition) is 5. The summed E-state index contributed by atoms with van der Waals surface area (Å²) < 4.78 is 26.0. The van der Waals surface area contributed by atoms with Gasteiger partial charge in [-0.1, -0.05) is 0 Å². The van der Waals surface area contributed by atoms with Gasteiger partial charge >= 0.3 is 0 Å². The molecule has 0 spiro atoms. The third-order valence-electron chi connectivity index (χ3n) is 3.43. The number of primary amides is 1. The van der Waals surface area contributed by atoms with Crippen LogP contribution in [0.1, 0.15) is 10.4 Å². The van der Waals surface area contributed by atoms with Gasteiger partial charge < -0.3 is 16.2 Å². The van der Waals surface area contributed by atoms with E-state index in [0.29, 0.717) is 13.1 Å². The molecule has 1 saturated heterocycles. The van der Waals surface area contributed by atoms with Crippen molar-refractivity contribution in [2.75, 3.05) is 20.1 Å². The summed E-state index contributed by atoms with van der Waals surface area (Å²) in [6, 6.07) is 4.90. The number of benzene rings is 1. The second-order valence-electron chi connectivity index (χ2n) is 4.70. The Morgan fingerprint density at radius 1 is 1.35 bits per heavy atom. The van der Waals surface area contributed by atoms with Gasteiger partial charge in [-0.05, 0) is 24.3 Å². The lowest BCUT2D eigenvalue weighted by Crippen LogP contribution is -2.44. The second-order valence-corrected chi connectivity index (χ2v) is 6.70. The Balaban J connectivity index is 2.27. The zero-order valence-electron chi connectivity index (χ0n) is 11.0. The van der Waals surface area contributed by atoms with Gasteiger partial charge in [0.25, 0.3) is 0 Å². The van der Waals surface area contributed by atoms with E-state index in [4.69, 9.17) is 5.73 Å². The summed E-state index contributed by atoms with van der Waals surface area (Å²) in [5.41, 5.74) is 5.35. The largest absolute Gasteiger partial charge is 0.390 e. The van der Waals surface area contributed by atoms with E-state index >= 15 is 0 Å². The molecule has 110 valence electrons. The number of nitrogens with zero attached hydrogens (tertiary/aromatic N) is 1. The first kappa shape index (κ1) is 14.9. The highest BCUT2D eigenvalue weighted by Crippen LogP contribution is 2.20. The van der Waals surface area contributed by atoms with Crippen molar-refractivity contribution in [2.24, 2.45) is 5.73 Å². The Bertz CT molecular complexity index is 600. The summed E-state index contributed by atoms with van der Waals surface area (Å²) in [5.74, 6) is -0.613. The van der Waals surface area contributed by atoms with Gasteiger partial charge in [0.05, 0.1) is 17.0 Å². The minimum absolute atomic E-state index is 0.0594. The maximum Gasteiger partial charge on any atom is 0.248 e. The number of carbonyl (C=O) groups excluding carboxylic acids is 1. The third-order valence-corrected chi connectivity index (χ3v) is 5.33. The van der Waals surface area contributed by atoms with Crippen molar-refractivity contribution in [1.29, 1.82) is 0 Å². The highest BCUT2D eigenvalue weighted by Gasteiger charge is 2.35. The zero-order chi connectivity index (χ0) is 14.9. The minimum atomic E-state index is -3.72. The highest BCUT2D eigenvalue weighted by atomic mass is 32.2. The fourth-order valence-electron chi connectivity index (χ4n) is 2.16. The predicted molar refractivity (Wildman–Crippen MR) is 72.6 cm³/mol. The van der Waals surface area contributed by atoms with E-state index in [1.54, 1.807) is 0 Å². The molecule has 1 aliphatic heterocycles. The number of sulfonamides is 1. The fraction of sp³-hybridized carbons (Fsp3) is 0.417. The van der Waals surface area contributed by atoms with Crippen molar-refractivity contribution in [1.82, 2.24) is 9.62 Å². The van der Waals surface area contributed by atoms with Gasteiger partial charge in [0, 0.05) is 25.7 Å². The summed E-state index contributed by atoms with van der Waals surface area (Å²) in [4.78, 5) is 11.0. The van der Waals surface area contributed by atoms with Crippen LogP contribution in [0.3, 0.4) is 0 Å². The van der Waals surface area contributed by atoms with Crippen LogP contribution in [-0.2, 0) is 10.0 Å². The van der Waals surface area contributed by atoms with Gasteiger partial charge in [-0.15, -0.1) is 0 Å². The van der Waals surface area contributed by atoms with Crippen LogP contribution in [0.2, 0.25) is 0 Å². The zero-order valence-corrected chi connectivity index (χ0v) is 11.8. The summed E-state index contributed by atoms with van der Waals surface area (Å²) >= 11 is 0.